The molecule has 2 aromatic carbocycles. The number of carbonyl (C=O) groups excluding carboxylic acids is 2. The third-order valence-electron chi connectivity index (χ3n) is 8.40. The number of rotatable bonds is 7. The fourth-order valence-electron chi connectivity index (χ4n) is 6.07. The van der Waals surface area contributed by atoms with E-state index in [2.05, 4.69) is 0 Å². The number of methoxy groups -OCH3 is 1. The van der Waals surface area contributed by atoms with E-state index in [1.54, 1.807) is 6.92 Å². The van der Waals surface area contributed by atoms with Gasteiger partial charge in [0, 0.05) is 18.3 Å². The number of alkyl halides is 9. The molecule has 0 N–H and O–H groups in total. The predicted molar refractivity (Wildman–Crippen MR) is 143 cm³/mol. The maximum atomic E-state index is 13.8. The Morgan fingerprint density at radius 2 is 1.44 bits per heavy atom. The number of cyclic esters (lactones) is 1. The highest BCUT2D eigenvalue weighted by atomic mass is 19.4. The van der Waals surface area contributed by atoms with Gasteiger partial charge in [-0.2, -0.15) is 39.5 Å². The van der Waals surface area contributed by atoms with E-state index in [1.165, 1.54) is 20.1 Å². The Hall–Kier alpha value is -3.65. The van der Waals surface area contributed by atoms with Crippen molar-refractivity contribution < 1.29 is 58.6 Å². The van der Waals surface area contributed by atoms with Crippen molar-refractivity contribution in [1.29, 1.82) is 0 Å². The molecule has 2 atom stereocenters. The number of amides is 1. The fourth-order valence-corrected chi connectivity index (χ4v) is 6.07. The van der Waals surface area contributed by atoms with Crippen LogP contribution in [0.1, 0.15) is 73.5 Å². The lowest BCUT2D eigenvalue weighted by Crippen LogP contribution is -2.40. The van der Waals surface area contributed by atoms with Crippen LogP contribution in [-0.4, -0.2) is 42.7 Å². The number of anilines is 1. The lowest BCUT2D eigenvalue weighted by atomic mass is 9.85. The van der Waals surface area contributed by atoms with Gasteiger partial charge in [0.05, 0.1) is 42.3 Å². The first-order chi connectivity index (χ1) is 20.8. The van der Waals surface area contributed by atoms with Gasteiger partial charge in [-0.3, -0.25) is 9.69 Å². The zero-order valence-electron chi connectivity index (χ0n) is 24.4. The molecule has 1 heterocycles. The summed E-state index contributed by atoms with van der Waals surface area (Å²) in [6.45, 7) is 3.03. The average molecular weight is 655 g/mol. The monoisotopic (exact) mass is 654 g/mol. The van der Waals surface area contributed by atoms with Crippen molar-refractivity contribution in [3.8, 4) is 0 Å². The van der Waals surface area contributed by atoms with E-state index in [9.17, 15) is 49.1 Å². The standard InChI is InChI=1S/C30H31F9N2O4/c1-4-40(23-8-5-17(6-9-23)26(42)44-3)24-10-7-20(28(31,32)33)13-19(24)15-41-16(2)25(45-27(41)43)18-11-21(29(34,35)36)14-22(12-18)30(37,38)39/h7,10-14,16-17,23,25H,4-6,8-9,15H2,1-3H3/t16-,17?,23?,25-/m0/s1. The molecule has 15 heteroatoms. The molecule has 1 aliphatic carbocycles. The van der Waals surface area contributed by atoms with Gasteiger partial charge in [-0.05, 0) is 87.1 Å². The maximum absolute atomic E-state index is 13.8. The summed E-state index contributed by atoms with van der Waals surface area (Å²) in [5.74, 6) is -0.645. The Labute approximate surface area is 253 Å². The number of esters is 1. The molecule has 0 radical (unpaired) electrons. The molecule has 2 fully saturated rings. The maximum Gasteiger partial charge on any atom is 0.416 e. The zero-order chi connectivity index (χ0) is 33.5. The molecule has 6 nitrogen and oxygen atoms in total. The van der Waals surface area contributed by atoms with E-state index >= 15 is 0 Å². The predicted octanol–water partition coefficient (Wildman–Crippen LogP) is 8.38. The van der Waals surface area contributed by atoms with E-state index in [-0.39, 0.29) is 29.6 Å². The van der Waals surface area contributed by atoms with Gasteiger partial charge in [0.2, 0.25) is 0 Å². The van der Waals surface area contributed by atoms with Gasteiger partial charge in [0.1, 0.15) is 6.10 Å². The van der Waals surface area contributed by atoms with Crippen molar-refractivity contribution in [2.75, 3.05) is 18.6 Å². The second-order valence-corrected chi connectivity index (χ2v) is 11.2. The first-order valence-electron chi connectivity index (χ1n) is 14.2. The third-order valence-corrected chi connectivity index (χ3v) is 8.40. The number of hydrogen-bond acceptors (Lipinski definition) is 5. The summed E-state index contributed by atoms with van der Waals surface area (Å²) in [5.41, 5.74) is -4.30. The van der Waals surface area contributed by atoms with Crippen LogP contribution in [0.5, 0.6) is 0 Å². The Balaban J connectivity index is 1.68. The smallest absolute Gasteiger partial charge is 0.416 e. The lowest BCUT2D eigenvalue weighted by molar-refractivity contribution is -0.147. The van der Waals surface area contributed by atoms with Crippen LogP contribution in [0.25, 0.3) is 0 Å². The Kier molecular flexibility index (Phi) is 9.60. The van der Waals surface area contributed by atoms with Crippen LogP contribution >= 0.6 is 0 Å². The molecule has 1 saturated heterocycles. The van der Waals surface area contributed by atoms with E-state index in [1.807, 2.05) is 4.90 Å². The molecule has 248 valence electrons. The topological polar surface area (TPSA) is 59.1 Å². The highest BCUT2D eigenvalue weighted by Gasteiger charge is 2.44. The van der Waals surface area contributed by atoms with Crippen LogP contribution in [-0.2, 0) is 39.3 Å². The molecule has 2 aromatic rings. The Morgan fingerprint density at radius 1 is 0.889 bits per heavy atom. The molecule has 0 unspecified atom stereocenters. The minimum absolute atomic E-state index is 0.0460. The number of benzene rings is 2. The average Bonchev–Trinajstić information content (AvgIpc) is 3.25. The van der Waals surface area contributed by atoms with Crippen molar-refractivity contribution in [2.24, 2.45) is 5.92 Å². The highest BCUT2D eigenvalue weighted by molar-refractivity contribution is 5.73. The second-order valence-electron chi connectivity index (χ2n) is 11.2. The molecule has 1 saturated carbocycles. The molecule has 0 aromatic heterocycles. The van der Waals surface area contributed by atoms with Gasteiger partial charge < -0.3 is 14.4 Å². The molecule has 1 aliphatic heterocycles. The fraction of sp³-hybridized carbons (Fsp3) is 0.533. The van der Waals surface area contributed by atoms with Crippen molar-refractivity contribution in [3.63, 3.8) is 0 Å². The Morgan fingerprint density at radius 3 is 1.93 bits per heavy atom. The quantitative estimate of drug-likeness (QED) is 0.222. The van der Waals surface area contributed by atoms with Crippen LogP contribution in [0.3, 0.4) is 0 Å². The van der Waals surface area contributed by atoms with Crippen LogP contribution in [0.15, 0.2) is 36.4 Å². The first kappa shape index (κ1) is 34.2. The third kappa shape index (κ3) is 7.43. The number of carbonyl (C=O) groups is 2. The summed E-state index contributed by atoms with van der Waals surface area (Å²) in [4.78, 5) is 27.8. The molecule has 45 heavy (non-hydrogen) atoms. The van der Waals surface area contributed by atoms with Gasteiger partial charge in [-0.15, -0.1) is 0 Å². The summed E-state index contributed by atoms with van der Waals surface area (Å²) < 4.78 is 132. The molecule has 1 amide bonds. The largest absolute Gasteiger partial charge is 0.469 e. The summed E-state index contributed by atoms with van der Waals surface area (Å²) in [6, 6.07) is 2.63. The van der Waals surface area contributed by atoms with Crippen molar-refractivity contribution in [1.82, 2.24) is 4.90 Å². The van der Waals surface area contributed by atoms with Gasteiger partial charge in [0.15, 0.2) is 0 Å². The van der Waals surface area contributed by atoms with Crippen molar-refractivity contribution in [2.45, 2.75) is 82.8 Å². The second kappa shape index (κ2) is 12.6. The van der Waals surface area contributed by atoms with Crippen LogP contribution in [0, 0.1) is 5.92 Å². The summed E-state index contributed by atoms with van der Waals surface area (Å²) >= 11 is 0. The summed E-state index contributed by atoms with van der Waals surface area (Å²) in [7, 11) is 1.29. The molecule has 0 bridgehead atoms. The highest BCUT2D eigenvalue weighted by Crippen LogP contribution is 2.42. The summed E-state index contributed by atoms with van der Waals surface area (Å²) in [6.07, 6.45) is -15.6. The number of ether oxygens (including phenoxy) is 2. The number of nitrogens with zero attached hydrogens (tertiary/aromatic N) is 2. The van der Waals surface area contributed by atoms with Crippen molar-refractivity contribution in [3.05, 3.63) is 64.2 Å². The van der Waals surface area contributed by atoms with E-state index in [0.29, 0.717) is 50.0 Å². The number of halogens is 9. The van der Waals surface area contributed by atoms with Crippen molar-refractivity contribution >= 4 is 17.7 Å². The number of hydrogen-bond donors (Lipinski definition) is 0. The zero-order valence-corrected chi connectivity index (χ0v) is 24.4. The molecular formula is C30H31F9N2O4. The van der Waals surface area contributed by atoms with Gasteiger partial charge in [-0.25, -0.2) is 4.79 Å². The SMILES string of the molecule is CCN(c1ccc(C(F)(F)F)cc1CN1C(=O)O[C@H](c2cc(C(F)(F)F)cc(C(F)(F)F)c2)[C@@H]1C)C1CCC(C(=O)OC)CC1. The van der Waals surface area contributed by atoms with Gasteiger partial charge >= 0.3 is 30.6 Å². The molecule has 0 spiro atoms. The summed E-state index contributed by atoms with van der Waals surface area (Å²) in [5, 5.41) is 0. The van der Waals surface area contributed by atoms with Crippen LogP contribution < -0.4 is 4.90 Å². The lowest BCUT2D eigenvalue weighted by Gasteiger charge is -2.38. The minimum atomic E-state index is -5.13. The first-order valence-corrected chi connectivity index (χ1v) is 14.2. The molecule has 2 aliphatic rings. The van der Waals surface area contributed by atoms with Gasteiger partial charge in [-0.1, -0.05) is 0 Å². The van der Waals surface area contributed by atoms with Gasteiger partial charge in [0.25, 0.3) is 0 Å². The normalized spacial score (nSPS) is 22.8. The molecular weight excluding hydrogens is 623 g/mol. The van der Waals surface area contributed by atoms with E-state index in [4.69, 9.17) is 9.47 Å². The minimum Gasteiger partial charge on any atom is -0.469 e. The Bertz CT molecular complexity index is 1370. The molecule has 4 rings (SSSR count). The van der Waals surface area contributed by atoms with E-state index < -0.39 is 65.6 Å². The van der Waals surface area contributed by atoms with E-state index in [0.717, 1.165) is 17.0 Å². The van der Waals surface area contributed by atoms with Crippen LogP contribution in [0.2, 0.25) is 0 Å². The van der Waals surface area contributed by atoms with Crippen LogP contribution in [0.4, 0.5) is 50.0 Å².